The second-order valence-corrected chi connectivity index (χ2v) is 10.7. The van der Waals surface area contributed by atoms with Gasteiger partial charge in [0.25, 0.3) is 5.88 Å². The van der Waals surface area contributed by atoms with Crippen molar-refractivity contribution >= 4 is 39.1 Å². The van der Waals surface area contributed by atoms with Crippen LogP contribution in [0.2, 0.25) is 10.0 Å². The molecule has 0 saturated heterocycles. The first-order chi connectivity index (χ1) is 15.5. The largest absolute Gasteiger partial charge is 0.490 e. The van der Waals surface area contributed by atoms with Crippen LogP contribution in [0.25, 0.3) is 0 Å². The summed E-state index contributed by atoms with van der Waals surface area (Å²) in [6.45, 7) is 6.80. The SMILES string of the molecule is CCCCOc1c(Cl)cc(C(C)(C)c2ccc(Oc3cc(NS(C)(=O)=O)on3)cc2)cc1Cl. The Labute approximate surface area is 204 Å². The highest BCUT2D eigenvalue weighted by atomic mass is 35.5. The zero-order valence-corrected chi connectivity index (χ0v) is 21.1. The van der Waals surface area contributed by atoms with Crippen molar-refractivity contribution in [3.63, 3.8) is 0 Å². The number of aromatic nitrogens is 1. The van der Waals surface area contributed by atoms with E-state index < -0.39 is 15.4 Å². The van der Waals surface area contributed by atoms with Gasteiger partial charge in [-0.15, -0.1) is 0 Å². The number of nitrogens with one attached hydrogen (secondary N) is 1. The molecule has 2 aromatic carbocycles. The number of benzene rings is 2. The summed E-state index contributed by atoms with van der Waals surface area (Å²) in [6.07, 6.45) is 2.97. The molecule has 0 atom stereocenters. The Balaban J connectivity index is 1.75. The van der Waals surface area contributed by atoms with Gasteiger partial charge >= 0.3 is 0 Å². The molecule has 0 radical (unpaired) electrons. The summed E-state index contributed by atoms with van der Waals surface area (Å²) in [5, 5.41) is 4.66. The Morgan fingerprint density at radius 3 is 2.27 bits per heavy atom. The van der Waals surface area contributed by atoms with Crippen LogP contribution in [0.3, 0.4) is 0 Å². The molecule has 1 aromatic heterocycles. The predicted octanol–water partition coefficient (Wildman–Crippen LogP) is 6.65. The lowest BCUT2D eigenvalue weighted by atomic mass is 9.78. The molecular formula is C23H26Cl2N2O5S. The second kappa shape index (κ2) is 10.2. The molecule has 0 unspecified atom stereocenters. The van der Waals surface area contributed by atoms with Gasteiger partial charge in [-0.2, -0.15) is 0 Å². The molecule has 0 saturated carbocycles. The lowest BCUT2D eigenvalue weighted by Gasteiger charge is -2.27. The molecule has 0 fully saturated rings. The third-order valence-electron chi connectivity index (χ3n) is 5.04. The Hall–Kier alpha value is -2.42. The number of rotatable bonds is 10. The number of sulfonamides is 1. The summed E-state index contributed by atoms with van der Waals surface area (Å²) < 4.78 is 41.1. The molecule has 178 valence electrons. The van der Waals surface area contributed by atoms with Crippen molar-refractivity contribution < 1.29 is 22.4 Å². The van der Waals surface area contributed by atoms with Crippen molar-refractivity contribution in [1.82, 2.24) is 5.16 Å². The Morgan fingerprint density at radius 1 is 1.06 bits per heavy atom. The molecule has 10 heteroatoms. The van der Waals surface area contributed by atoms with Gasteiger partial charge in [0.2, 0.25) is 15.9 Å². The highest BCUT2D eigenvalue weighted by molar-refractivity contribution is 7.92. The summed E-state index contributed by atoms with van der Waals surface area (Å²) >= 11 is 13.0. The van der Waals surface area contributed by atoms with Crippen LogP contribution in [-0.4, -0.2) is 26.4 Å². The van der Waals surface area contributed by atoms with E-state index in [1.807, 2.05) is 24.3 Å². The quantitative estimate of drug-likeness (QED) is 0.305. The molecular weight excluding hydrogens is 487 g/mol. The highest BCUT2D eigenvalue weighted by Gasteiger charge is 2.26. The van der Waals surface area contributed by atoms with Crippen molar-refractivity contribution in [3.05, 3.63) is 63.6 Å². The number of unbranched alkanes of at least 4 members (excludes halogenated alkanes) is 1. The second-order valence-electron chi connectivity index (χ2n) is 8.13. The highest BCUT2D eigenvalue weighted by Crippen LogP contribution is 2.41. The van der Waals surface area contributed by atoms with Crippen LogP contribution < -0.4 is 14.2 Å². The summed E-state index contributed by atoms with van der Waals surface area (Å²) in [5.74, 6) is 1.13. The topological polar surface area (TPSA) is 90.7 Å². The molecule has 3 aromatic rings. The first-order valence-corrected chi connectivity index (χ1v) is 13.0. The molecule has 0 bridgehead atoms. The molecule has 1 N–H and O–H groups in total. The van der Waals surface area contributed by atoms with Crippen molar-refractivity contribution in [1.29, 1.82) is 0 Å². The van der Waals surface area contributed by atoms with E-state index in [0.717, 1.165) is 30.2 Å². The Morgan fingerprint density at radius 2 is 1.70 bits per heavy atom. The van der Waals surface area contributed by atoms with Crippen LogP contribution in [0.15, 0.2) is 47.0 Å². The van der Waals surface area contributed by atoms with E-state index in [1.165, 1.54) is 6.07 Å². The van der Waals surface area contributed by atoms with Crippen LogP contribution >= 0.6 is 23.2 Å². The number of hydrogen-bond acceptors (Lipinski definition) is 6. The Bertz CT molecular complexity index is 1180. The van der Waals surface area contributed by atoms with Gasteiger partial charge in [-0.1, -0.05) is 62.5 Å². The van der Waals surface area contributed by atoms with Crippen molar-refractivity contribution in [2.24, 2.45) is 0 Å². The van der Waals surface area contributed by atoms with E-state index in [-0.39, 0.29) is 11.8 Å². The van der Waals surface area contributed by atoms with Gasteiger partial charge in [-0.05, 0) is 47.0 Å². The van der Waals surface area contributed by atoms with Gasteiger partial charge in [-0.3, -0.25) is 4.72 Å². The molecule has 0 aliphatic rings. The third-order valence-corrected chi connectivity index (χ3v) is 6.17. The van der Waals surface area contributed by atoms with Gasteiger partial charge in [-0.25, -0.2) is 8.42 Å². The maximum Gasteiger partial charge on any atom is 0.261 e. The third kappa shape index (κ3) is 6.56. The van der Waals surface area contributed by atoms with Crippen molar-refractivity contribution in [2.45, 2.75) is 39.0 Å². The predicted molar refractivity (Wildman–Crippen MR) is 130 cm³/mol. The van der Waals surface area contributed by atoms with E-state index in [2.05, 4.69) is 30.6 Å². The maximum absolute atomic E-state index is 11.3. The van der Waals surface area contributed by atoms with E-state index in [4.69, 9.17) is 37.2 Å². The molecule has 0 amide bonds. The number of hydrogen-bond donors (Lipinski definition) is 1. The monoisotopic (exact) mass is 512 g/mol. The fourth-order valence-corrected chi connectivity index (χ4v) is 4.20. The summed E-state index contributed by atoms with van der Waals surface area (Å²) in [4.78, 5) is 0. The number of anilines is 1. The average molecular weight is 513 g/mol. The Kier molecular flexibility index (Phi) is 7.82. The molecule has 0 spiro atoms. The number of nitrogens with zero attached hydrogens (tertiary/aromatic N) is 1. The van der Waals surface area contributed by atoms with Crippen molar-refractivity contribution in [2.75, 3.05) is 17.6 Å². The minimum absolute atomic E-state index is 0.0267. The minimum Gasteiger partial charge on any atom is -0.490 e. The fraction of sp³-hybridized carbons (Fsp3) is 0.348. The van der Waals surface area contributed by atoms with Crippen LogP contribution in [0.5, 0.6) is 17.4 Å². The summed E-state index contributed by atoms with van der Waals surface area (Å²) in [5.41, 5.74) is 1.57. The lowest BCUT2D eigenvalue weighted by Crippen LogP contribution is -2.19. The van der Waals surface area contributed by atoms with Crippen LogP contribution in [0.1, 0.15) is 44.7 Å². The summed E-state index contributed by atoms with van der Waals surface area (Å²) in [7, 11) is -3.47. The van der Waals surface area contributed by atoms with E-state index in [0.29, 0.717) is 28.2 Å². The zero-order chi connectivity index (χ0) is 24.2. The zero-order valence-electron chi connectivity index (χ0n) is 18.8. The van der Waals surface area contributed by atoms with Gasteiger partial charge in [0.15, 0.2) is 5.75 Å². The van der Waals surface area contributed by atoms with Crippen molar-refractivity contribution in [3.8, 4) is 17.4 Å². The minimum atomic E-state index is -3.47. The van der Waals surface area contributed by atoms with E-state index in [9.17, 15) is 8.42 Å². The normalized spacial score (nSPS) is 11.9. The fourth-order valence-electron chi connectivity index (χ4n) is 3.14. The standard InChI is InChI=1S/C23H26Cl2N2O5S/c1-5-6-11-30-22-18(24)12-16(13-19(22)25)23(2,3)15-7-9-17(10-8-15)31-20-14-21(32-26-20)27-33(4,28)29/h7-10,12-14,27H,5-6,11H2,1-4H3. The maximum atomic E-state index is 11.3. The van der Waals surface area contributed by atoms with Gasteiger partial charge in [0.1, 0.15) is 5.75 Å². The summed E-state index contributed by atoms with van der Waals surface area (Å²) in [6, 6.07) is 12.6. The van der Waals surface area contributed by atoms with Crippen LogP contribution in [-0.2, 0) is 15.4 Å². The van der Waals surface area contributed by atoms with E-state index in [1.54, 1.807) is 12.1 Å². The molecule has 0 aliphatic carbocycles. The molecule has 33 heavy (non-hydrogen) atoms. The van der Waals surface area contributed by atoms with E-state index >= 15 is 0 Å². The molecule has 7 nitrogen and oxygen atoms in total. The first-order valence-electron chi connectivity index (χ1n) is 10.3. The van der Waals surface area contributed by atoms with Crippen LogP contribution in [0.4, 0.5) is 5.88 Å². The number of halogens is 2. The number of ether oxygens (including phenoxy) is 2. The van der Waals surface area contributed by atoms with Crippen LogP contribution in [0, 0.1) is 0 Å². The smallest absolute Gasteiger partial charge is 0.261 e. The molecule has 0 aliphatic heterocycles. The van der Waals surface area contributed by atoms with Gasteiger partial charge < -0.3 is 14.0 Å². The van der Waals surface area contributed by atoms with Gasteiger partial charge in [0.05, 0.1) is 29.0 Å². The average Bonchev–Trinajstić information content (AvgIpc) is 3.15. The molecule has 1 heterocycles. The first kappa shape index (κ1) is 25.2. The lowest BCUT2D eigenvalue weighted by molar-refractivity contribution is 0.309. The van der Waals surface area contributed by atoms with Gasteiger partial charge in [0, 0.05) is 5.41 Å². The molecule has 3 rings (SSSR count).